The third-order valence-corrected chi connectivity index (χ3v) is 4.84. The summed E-state index contributed by atoms with van der Waals surface area (Å²) in [5, 5.41) is 19.0. The Morgan fingerprint density at radius 1 is 1.04 bits per heavy atom. The lowest BCUT2D eigenvalue weighted by Crippen LogP contribution is -2.38. The fourth-order valence-electron chi connectivity index (χ4n) is 3.14. The highest BCUT2D eigenvalue weighted by molar-refractivity contribution is 5.94. The van der Waals surface area contributed by atoms with E-state index in [1.807, 2.05) is 0 Å². The molecule has 8 heteroatoms. The molecule has 25 heavy (non-hydrogen) atoms. The minimum Gasteiger partial charge on any atom is -0.425 e. The Hall–Kier alpha value is -2.77. The predicted octanol–water partition coefficient (Wildman–Crippen LogP) is 2.88. The lowest BCUT2D eigenvalue weighted by atomic mass is 9.96. The van der Waals surface area contributed by atoms with E-state index < -0.39 is 4.92 Å². The van der Waals surface area contributed by atoms with Crippen LogP contribution in [-0.2, 0) is 0 Å². The fraction of sp³-hybridized carbons (Fsp3) is 0.471. The van der Waals surface area contributed by atoms with Gasteiger partial charge in [-0.15, -0.1) is 10.2 Å². The van der Waals surface area contributed by atoms with Crippen molar-refractivity contribution in [1.29, 1.82) is 0 Å². The molecule has 8 nitrogen and oxygen atoms in total. The summed E-state index contributed by atoms with van der Waals surface area (Å²) < 4.78 is 5.77. The van der Waals surface area contributed by atoms with Crippen molar-refractivity contribution in [2.75, 3.05) is 13.1 Å². The highest BCUT2D eigenvalue weighted by Crippen LogP contribution is 2.40. The van der Waals surface area contributed by atoms with E-state index in [4.69, 9.17) is 4.42 Å². The van der Waals surface area contributed by atoms with E-state index in [0.717, 1.165) is 31.6 Å². The molecule has 0 bridgehead atoms. The molecular weight excluding hydrogens is 324 g/mol. The standard InChI is InChI=1S/C17H18N4O4/c22-17(13-3-5-14(6-4-13)21(23)24)20-9-7-12(8-10-20)16-19-18-15(25-16)11-1-2-11/h3-6,11-12H,1-2,7-10H2. The Morgan fingerprint density at radius 3 is 2.12 bits per heavy atom. The van der Waals surface area contributed by atoms with Gasteiger partial charge >= 0.3 is 0 Å². The van der Waals surface area contributed by atoms with Crippen molar-refractivity contribution in [1.82, 2.24) is 15.1 Å². The number of non-ortho nitro benzene ring substituents is 1. The lowest BCUT2D eigenvalue weighted by molar-refractivity contribution is -0.384. The Labute approximate surface area is 144 Å². The molecule has 2 aromatic rings. The van der Waals surface area contributed by atoms with Gasteiger partial charge in [0.25, 0.3) is 11.6 Å². The first kappa shape index (κ1) is 15.7. The number of hydrogen-bond donors (Lipinski definition) is 0. The van der Waals surface area contributed by atoms with Gasteiger partial charge in [0.05, 0.1) is 4.92 Å². The first-order chi connectivity index (χ1) is 12.1. The molecule has 4 rings (SSSR count). The van der Waals surface area contributed by atoms with E-state index in [1.165, 1.54) is 24.3 Å². The second-order valence-electron chi connectivity index (χ2n) is 6.62. The van der Waals surface area contributed by atoms with Crippen LogP contribution >= 0.6 is 0 Å². The first-order valence-corrected chi connectivity index (χ1v) is 8.49. The molecule has 1 saturated carbocycles. The average molecular weight is 342 g/mol. The third kappa shape index (κ3) is 3.24. The smallest absolute Gasteiger partial charge is 0.269 e. The molecule has 1 amide bonds. The molecule has 0 unspecified atom stereocenters. The van der Waals surface area contributed by atoms with Crippen LogP contribution in [0.4, 0.5) is 5.69 Å². The largest absolute Gasteiger partial charge is 0.425 e. The number of nitrogens with zero attached hydrogens (tertiary/aromatic N) is 4. The summed E-state index contributed by atoms with van der Waals surface area (Å²) in [6, 6.07) is 5.73. The molecule has 0 N–H and O–H groups in total. The van der Waals surface area contributed by atoms with Crippen molar-refractivity contribution >= 4 is 11.6 Å². The van der Waals surface area contributed by atoms with E-state index in [1.54, 1.807) is 4.90 Å². The number of amides is 1. The maximum atomic E-state index is 12.5. The molecule has 2 heterocycles. The number of nitro benzene ring substituents is 1. The summed E-state index contributed by atoms with van der Waals surface area (Å²) in [6.45, 7) is 1.23. The third-order valence-electron chi connectivity index (χ3n) is 4.84. The zero-order valence-electron chi connectivity index (χ0n) is 13.6. The molecule has 2 fully saturated rings. The van der Waals surface area contributed by atoms with Gasteiger partial charge in [-0.2, -0.15) is 0 Å². The highest BCUT2D eigenvalue weighted by atomic mass is 16.6. The molecule has 1 saturated heterocycles. The van der Waals surface area contributed by atoms with E-state index >= 15 is 0 Å². The van der Waals surface area contributed by atoms with Crippen LogP contribution < -0.4 is 0 Å². The minimum absolute atomic E-state index is 0.0156. The van der Waals surface area contributed by atoms with Crippen LogP contribution in [0.15, 0.2) is 28.7 Å². The van der Waals surface area contributed by atoms with Crippen LogP contribution in [0.25, 0.3) is 0 Å². The summed E-state index contributed by atoms with van der Waals surface area (Å²) in [5.74, 6) is 1.98. The van der Waals surface area contributed by atoms with Crippen LogP contribution in [0, 0.1) is 10.1 Å². The van der Waals surface area contributed by atoms with Crippen molar-refractivity contribution in [3.05, 3.63) is 51.7 Å². The van der Waals surface area contributed by atoms with Crippen molar-refractivity contribution in [3.8, 4) is 0 Å². The second kappa shape index (κ2) is 6.27. The summed E-state index contributed by atoms with van der Waals surface area (Å²) >= 11 is 0. The van der Waals surface area contributed by atoms with Crippen molar-refractivity contribution in [2.24, 2.45) is 0 Å². The quantitative estimate of drug-likeness (QED) is 0.625. The summed E-state index contributed by atoms with van der Waals surface area (Å²) in [5.41, 5.74) is 0.455. The Bertz CT molecular complexity index is 789. The van der Waals surface area contributed by atoms with Crippen LogP contribution in [0.1, 0.15) is 59.7 Å². The van der Waals surface area contributed by atoms with Gasteiger partial charge < -0.3 is 9.32 Å². The van der Waals surface area contributed by atoms with Gasteiger partial charge in [0.1, 0.15) is 0 Å². The number of rotatable bonds is 4. The Kier molecular flexibility index (Phi) is 3.95. The number of carbonyl (C=O) groups excluding carboxylic acids is 1. The van der Waals surface area contributed by atoms with Gasteiger partial charge in [0.2, 0.25) is 11.8 Å². The zero-order valence-corrected chi connectivity index (χ0v) is 13.6. The van der Waals surface area contributed by atoms with Gasteiger partial charge in [-0.05, 0) is 37.8 Å². The fourth-order valence-corrected chi connectivity index (χ4v) is 3.14. The Balaban J connectivity index is 1.37. The van der Waals surface area contributed by atoms with Crippen molar-refractivity contribution in [2.45, 2.75) is 37.5 Å². The van der Waals surface area contributed by atoms with Gasteiger partial charge in [-0.25, -0.2) is 0 Å². The molecule has 130 valence electrons. The summed E-state index contributed by atoms with van der Waals surface area (Å²) in [4.78, 5) is 24.5. The molecule has 2 aliphatic rings. The number of benzene rings is 1. The predicted molar refractivity (Wildman–Crippen MR) is 87.2 cm³/mol. The van der Waals surface area contributed by atoms with Gasteiger partial charge in [0.15, 0.2) is 0 Å². The van der Waals surface area contributed by atoms with E-state index in [2.05, 4.69) is 10.2 Å². The number of carbonyl (C=O) groups is 1. The Morgan fingerprint density at radius 2 is 1.60 bits per heavy atom. The highest BCUT2D eigenvalue weighted by Gasteiger charge is 2.32. The van der Waals surface area contributed by atoms with Gasteiger partial charge in [-0.1, -0.05) is 0 Å². The molecule has 0 radical (unpaired) electrons. The van der Waals surface area contributed by atoms with E-state index in [9.17, 15) is 14.9 Å². The van der Waals surface area contributed by atoms with Gasteiger partial charge in [0, 0.05) is 42.6 Å². The molecule has 1 aliphatic carbocycles. The number of aromatic nitrogens is 2. The SMILES string of the molecule is O=C(c1ccc([N+](=O)[O-])cc1)N1CCC(c2nnc(C3CC3)o2)CC1. The molecule has 1 aromatic heterocycles. The molecule has 0 spiro atoms. The average Bonchev–Trinajstić information content (AvgIpc) is 3.38. The maximum Gasteiger partial charge on any atom is 0.269 e. The van der Waals surface area contributed by atoms with Crippen LogP contribution in [0.5, 0.6) is 0 Å². The van der Waals surface area contributed by atoms with Crippen LogP contribution in [0.2, 0.25) is 0 Å². The van der Waals surface area contributed by atoms with Crippen molar-refractivity contribution < 1.29 is 14.1 Å². The monoisotopic (exact) mass is 342 g/mol. The summed E-state index contributed by atoms with van der Waals surface area (Å²) in [7, 11) is 0. The first-order valence-electron chi connectivity index (χ1n) is 8.49. The van der Waals surface area contributed by atoms with E-state index in [-0.39, 0.29) is 17.5 Å². The summed E-state index contributed by atoms with van der Waals surface area (Å²) in [6.07, 6.45) is 3.82. The number of nitro groups is 1. The van der Waals surface area contributed by atoms with E-state index in [0.29, 0.717) is 30.5 Å². The number of likely N-dealkylation sites (tertiary alicyclic amines) is 1. The molecular formula is C17H18N4O4. The topological polar surface area (TPSA) is 102 Å². The molecule has 0 atom stereocenters. The van der Waals surface area contributed by atoms with Crippen LogP contribution in [-0.4, -0.2) is 39.0 Å². The maximum absolute atomic E-state index is 12.5. The molecule has 1 aromatic carbocycles. The normalized spacial score (nSPS) is 18.3. The minimum atomic E-state index is -0.472. The number of hydrogen-bond acceptors (Lipinski definition) is 6. The van der Waals surface area contributed by atoms with Crippen molar-refractivity contribution in [3.63, 3.8) is 0 Å². The lowest BCUT2D eigenvalue weighted by Gasteiger charge is -2.30. The zero-order chi connectivity index (χ0) is 17.4. The number of piperidine rings is 1. The van der Waals surface area contributed by atoms with Crippen LogP contribution in [0.3, 0.4) is 0 Å². The second-order valence-corrected chi connectivity index (χ2v) is 6.62. The molecule has 1 aliphatic heterocycles. The van der Waals surface area contributed by atoms with Gasteiger partial charge in [-0.3, -0.25) is 14.9 Å².